The van der Waals surface area contributed by atoms with E-state index in [4.69, 9.17) is 4.74 Å². The van der Waals surface area contributed by atoms with Crippen LogP contribution in [0, 0.1) is 0 Å². The standard InChI is InChI=1S/C13H30N2O/c1-5-14-13(2)9-6-7-10-15(3)11-8-12-16-4/h13-14H,5-12H2,1-4H3. The van der Waals surface area contributed by atoms with Crippen LogP contribution in [0.2, 0.25) is 0 Å². The Bertz CT molecular complexity index is 142. The van der Waals surface area contributed by atoms with Crippen LogP contribution in [-0.4, -0.2) is 51.3 Å². The molecule has 98 valence electrons. The summed E-state index contributed by atoms with van der Waals surface area (Å²) in [4.78, 5) is 2.40. The van der Waals surface area contributed by atoms with Gasteiger partial charge in [-0.1, -0.05) is 13.3 Å². The summed E-state index contributed by atoms with van der Waals surface area (Å²) in [5.74, 6) is 0. The fraction of sp³-hybridized carbons (Fsp3) is 1.00. The van der Waals surface area contributed by atoms with Gasteiger partial charge in [0.05, 0.1) is 0 Å². The minimum Gasteiger partial charge on any atom is -0.385 e. The van der Waals surface area contributed by atoms with Crippen molar-refractivity contribution >= 4 is 0 Å². The molecule has 0 rings (SSSR count). The molecule has 0 aromatic heterocycles. The fourth-order valence-corrected chi connectivity index (χ4v) is 1.87. The number of hydrogen-bond acceptors (Lipinski definition) is 3. The van der Waals surface area contributed by atoms with Crippen molar-refractivity contribution in [1.82, 2.24) is 10.2 Å². The number of ether oxygens (including phenoxy) is 1. The Balaban J connectivity index is 3.23. The predicted octanol–water partition coefficient (Wildman–Crippen LogP) is 2.12. The van der Waals surface area contributed by atoms with Gasteiger partial charge in [0.25, 0.3) is 0 Å². The zero-order valence-corrected chi connectivity index (χ0v) is 11.6. The lowest BCUT2D eigenvalue weighted by Gasteiger charge is -2.17. The van der Waals surface area contributed by atoms with Gasteiger partial charge < -0.3 is 15.0 Å². The molecule has 1 atom stereocenters. The van der Waals surface area contributed by atoms with Gasteiger partial charge in [-0.2, -0.15) is 0 Å². The van der Waals surface area contributed by atoms with Gasteiger partial charge in [0.15, 0.2) is 0 Å². The largest absolute Gasteiger partial charge is 0.385 e. The number of rotatable bonds is 11. The van der Waals surface area contributed by atoms with Crippen molar-refractivity contribution < 1.29 is 4.74 Å². The number of methoxy groups -OCH3 is 1. The van der Waals surface area contributed by atoms with Crippen LogP contribution in [-0.2, 0) is 4.74 Å². The summed E-state index contributed by atoms with van der Waals surface area (Å²) in [5, 5.41) is 3.45. The molecule has 0 heterocycles. The first-order valence-corrected chi connectivity index (χ1v) is 6.61. The Labute approximate surface area is 102 Å². The van der Waals surface area contributed by atoms with Crippen molar-refractivity contribution in [2.45, 2.75) is 45.6 Å². The first-order chi connectivity index (χ1) is 7.70. The van der Waals surface area contributed by atoms with Crippen molar-refractivity contribution in [2.75, 3.05) is 40.4 Å². The third-order valence-electron chi connectivity index (χ3n) is 2.87. The number of unbranched alkanes of at least 4 members (excludes halogenated alkanes) is 1. The Hall–Kier alpha value is -0.120. The molecule has 0 aromatic carbocycles. The number of hydrogen-bond donors (Lipinski definition) is 1. The predicted molar refractivity (Wildman–Crippen MR) is 71.0 cm³/mol. The summed E-state index contributed by atoms with van der Waals surface area (Å²) in [5.41, 5.74) is 0. The van der Waals surface area contributed by atoms with Crippen LogP contribution in [0.4, 0.5) is 0 Å². The first-order valence-electron chi connectivity index (χ1n) is 6.61. The molecule has 0 radical (unpaired) electrons. The lowest BCUT2D eigenvalue weighted by atomic mass is 10.1. The van der Waals surface area contributed by atoms with E-state index in [1.54, 1.807) is 7.11 Å². The quantitative estimate of drug-likeness (QED) is 0.550. The van der Waals surface area contributed by atoms with Crippen LogP contribution in [0.5, 0.6) is 0 Å². The normalized spacial score (nSPS) is 13.3. The molecular formula is C13H30N2O. The van der Waals surface area contributed by atoms with E-state index in [9.17, 15) is 0 Å². The Morgan fingerprint density at radius 3 is 2.50 bits per heavy atom. The molecule has 0 aliphatic rings. The van der Waals surface area contributed by atoms with Gasteiger partial charge in [-0.25, -0.2) is 0 Å². The summed E-state index contributed by atoms with van der Waals surface area (Å²) < 4.78 is 5.04. The zero-order valence-electron chi connectivity index (χ0n) is 11.6. The van der Waals surface area contributed by atoms with E-state index < -0.39 is 0 Å². The first kappa shape index (κ1) is 15.9. The molecule has 0 amide bonds. The second-order valence-corrected chi connectivity index (χ2v) is 4.60. The molecule has 3 heteroatoms. The summed E-state index contributed by atoms with van der Waals surface area (Å²) in [7, 11) is 3.96. The molecule has 1 unspecified atom stereocenters. The SMILES string of the molecule is CCNC(C)CCCCN(C)CCCOC. The van der Waals surface area contributed by atoms with E-state index >= 15 is 0 Å². The minimum atomic E-state index is 0.670. The second kappa shape index (κ2) is 11.4. The van der Waals surface area contributed by atoms with Gasteiger partial charge in [-0.05, 0) is 46.3 Å². The molecule has 0 bridgehead atoms. The van der Waals surface area contributed by atoms with E-state index in [-0.39, 0.29) is 0 Å². The van der Waals surface area contributed by atoms with E-state index in [1.807, 2.05) is 0 Å². The summed E-state index contributed by atoms with van der Waals surface area (Å²) >= 11 is 0. The van der Waals surface area contributed by atoms with E-state index in [0.29, 0.717) is 6.04 Å². The average molecular weight is 230 g/mol. The molecule has 0 saturated carbocycles. The highest BCUT2D eigenvalue weighted by Gasteiger charge is 2.01. The molecule has 0 aliphatic carbocycles. The highest BCUT2D eigenvalue weighted by atomic mass is 16.5. The summed E-state index contributed by atoms with van der Waals surface area (Å²) in [6.07, 6.45) is 5.06. The molecular weight excluding hydrogens is 200 g/mol. The van der Waals surface area contributed by atoms with Crippen LogP contribution in [0.25, 0.3) is 0 Å². The Morgan fingerprint density at radius 1 is 1.19 bits per heavy atom. The highest BCUT2D eigenvalue weighted by molar-refractivity contribution is 4.60. The minimum absolute atomic E-state index is 0.670. The molecule has 1 N–H and O–H groups in total. The monoisotopic (exact) mass is 230 g/mol. The van der Waals surface area contributed by atoms with Crippen LogP contribution in [0.3, 0.4) is 0 Å². The topological polar surface area (TPSA) is 24.5 Å². The van der Waals surface area contributed by atoms with Crippen LogP contribution >= 0.6 is 0 Å². The zero-order chi connectivity index (χ0) is 12.2. The molecule has 0 spiro atoms. The summed E-state index contributed by atoms with van der Waals surface area (Å²) in [6.45, 7) is 8.75. The van der Waals surface area contributed by atoms with Crippen LogP contribution in [0.1, 0.15) is 39.5 Å². The van der Waals surface area contributed by atoms with Crippen LogP contribution in [0.15, 0.2) is 0 Å². The third-order valence-corrected chi connectivity index (χ3v) is 2.87. The van der Waals surface area contributed by atoms with Crippen molar-refractivity contribution in [3.05, 3.63) is 0 Å². The van der Waals surface area contributed by atoms with Gasteiger partial charge in [-0.15, -0.1) is 0 Å². The van der Waals surface area contributed by atoms with Crippen molar-refractivity contribution in [1.29, 1.82) is 0 Å². The summed E-state index contributed by atoms with van der Waals surface area (Å²) in [6, 6.07) is 0.670. The highest BCUT2D eigenvalue weighted by Crippen LogP contribution is 2.01. The van der Waals surface area contributed by atoms with Crippen molar-refractivity contribution in [2.24, 2.45) is 0 Å². The van der Waals surface area contributed by atoms with Gasteiger partial charge in [0.2, 0.25) is 0 Å². The number of nitrogens with one attached hydrogen (secondary N) is 1. The van der Waals surface area contributed by atoms with Crippen molar-refractivity contribution in [3.63, 3.8) is 0 Å². The van der Waals surface area contributed by atoms with Gasteiger partial charge in [-0.3, -0.25) is 0 Å². The van der Waals surface area contributed by atoms with E-state index in [2.05, 4.69) is 31.1 Å². The molecule has 0 aromatic rings. The molecule has 16 heavy (non-hydrogen) atoms. The maximum atomic E-state index is 5.04. The van der Waals surface area contributed by atoms with Gasteiger partial charge in [0, 0.05) is 26.3 Å². The maximum Gasteiger partial charge on any atom is 0.0474 e. The molecule has 3 nitrogen and oxygen atoms in total. The lowest BCUT2D eigenvalue weighted by Crippen LogP contribution is -2.26. The Kier molecular flexibility index (Phi) is 11.3. The maximum absolute atomic E-state index is 5.04. The van der Waals surface area contributed by atoms with Gasteiger partial charge in [0.1, 0.15) is 0 Å². The molecule has 0 aliphatic heterocycles. The van der Waals surface area contributed by atoms with Gasteiger partial charge >= 0.3 is 0 Å². The fourth-order valence-electron chi connectivity index (χ4n) is 1.87. The molecule has 0 saturated heterocycles. The van der Waals surface area contributed by atoms with E-state index in [1.165, 1.54) is 25.8 Å². The van der Waals surface area contributed by atoms with E-state index in [0.717, 1.165) is 26.1 Å². The number of nitrogens with zero attached hydrogens (tertiary/aromatic N) is 1. The average Bonchev–Trinajstić information content (AvgIpc) is 2.25. The van der Waals surface area contributed by atoms with Crippen molar-refractivity contribution in [3.8, 4) is 0 Å². The van der Waals surface area contributed by atoms with Crippen LogP contribution < -0.4 is 5.32 Å². The molecule has 0 fully saturated rings. The Morgan fingerprint density at radius 2 is 1.88 bits per heavy atom. The smallest absolute Gasteiger partial charge is 0.0474 e. The second-order valence-electron chi connectivity index (χ2n) is 4.60. The third kappa shape index (κ3) is 10.4. The lowest BCUT2D eigenvalue weighted by molar-refractivity contribution is 0.179.